The summed E-state index contributed by atoms with van der Waals surface area (Å²) in [6.45, 7) is 0. The van der Waals surface area contributed by atoms with E-state index in [-0.39, 0.29) is 0 Å². The van der Waals surface area contributed by atoms with Crippen LogP contribution in [0.2, 0.25) is 0 Å². The van der Waals surface area contributed by atoms with Gasteiger partial charge in [0.25, 0.3) is 0 Å². The minimum absolute atomic E-state index is 1.00. The molecule has 4 heteroatoms. The van der Waals surface area contributed by atoms with Crippen LogP contribution >= 0.6 is 43.3 Å². The van der Waals surface area contributed by atoms with Crippen LogP contribution in [-0.4, -0.2) is 11.5 Å². The Bertz CT molecular complexity index is 30.1. The predicted molar refractivity (Wildman–Crippen MR) is 41.2 cm³/mol. The molecule has 0 aliphatic carbocycles. The second-order valence-corrected chi connectivity index (χ2v) is 3.54. The Morgan fingerprint density at radius 2 is 1.43 bits per heavy atom. The highest BCUT2D eigenvalue weighted by atomic mass is 35.7. The third kappa shape index (κ3) is 7.28. The standard InChI is InChI=1S/C3H6Cl2S2/c4-6-2-1-3-7-5/h1-3H2. The number of rotatable bonds is 4. The van der Waals surface area contributed by atoms with Gasteiger partial charge < -0.3 is 0 Å². The lowest BCUT2D eigenvalue weighted by atomic mass is 10.6. The van der Waals surface area contributed by atoms with Gasteiger partial charge in [-0.15, -0.1) is 0 Å². The molecule has 0 unspecified atom stereocenters. The molecule has 44 valence electrons. The average molecular weight is 177 g/mol. The Morgan fingerprint density at radius 3 is 1.71 bits per heavy atom. The lowest BCUT2D eigenvalue weighted by Gasteiger charge is -1.87. The first-order valence-corrected chi connectivity index (χ1v) is 5.51. The Hall–Kier alpha value is 1.28. The van der Waals surface area contributed by atoms with E-state index < -0.39 is 0 Å². The van der Waals surface area contributed by atoms with E-state index in [0.717, 1.165) is 17.9 Å². The Kier molecular flexibility index (Phi) is 8.61. The molecular weight excluding hydrogens is 171 g/mol. The maximum atomic E-state index is 5.30. The van der Waals surface area contributed by atoms with Gasteiger partial charge >= 0.3 is 0 Å². The molecule has 0 saturated heterocycles. The van der Waals surface area contributed by atoms with Crippen LogP contribution in [-0.2, 0) is 0 Å². The van der Waals surface area contributed by atoms with Crippen molar-refractivity contribution in [2.24, 2.45) is 0 Å². The lowest BCUT2D eigenvalue weighted by molar-refractivity contribution is 1.13. The highest BCUT2D eigenvalue weighted by Crippen LogP contribution is 2.12. The summed E-state index contributed by atoms with van der Waals surface area (Å²) in [4.78, 5) is 0. The van der Waals surface area contributed by atoms with Crippen LogP contribution in [0.15, 0.2) is 0 Å². The normalized spacial score (nSPS) is 9.43. The van der Waals surface area contributed by atoms with Crippen molar-refractivity contribution in [1.29, 1.82) is 0 Å². The largest absolute Gasteiger partial charge is 0.0558 e. The summed E-state index contributed by atoms with van der Waals surface area (Å²) in [5.41, 5.74) is 0. The molecule has 0 radical (unpaired) electrons. The molecule has 0 aliphatic rings. The Balaban J connectivity index is 2.45. The van der Waals surface area contributed by atoms with E-state index in [4.69, 9.17) is 21.4 Å². The van der Waals surface area contributed by atoms with Crippen molar-refractivity contribution in [3.05, 3.63) is 0 Å². The smallest absolute Gasteiger partial charge is 0.00935 e. The fourth-order valence-electron chi connectivity index (χ4n) is 0.168. The molecule has 0 N–H and O–H groups in total. The van der Waals surface area contributed by atoms with Gasteiger partial charge in [-0.2, -0.15) is 0 Å². The van der Waals surface area contributed by atoms with Crippen molar-refractivity contribution >= 4 is 43.3 Å². The van der Waals surface area contributed by atoms with Crippen molar-refractivity contribution in [3.8, 4) is 0 Å². The molecule has 0 heterocycles. The van der Waals surface area contributed by atoms with Crippen molar-refractivity contribution in [3.63, 3.8) is 0 Å². The van der Waals surface area contributed by atoms with Crippen LogP contribution in [0.3, 0.4) is 0 Å². The van der Waals surface area contributed by atoms with Gasteiger partial charge in [0.2, 0.25) is 0 Å². The van der Waals surface area contributed by atoms with Crippen LogP contribution < -0.4 is 0 Å². The molecule has 0 spiro atoms. The highest BCUT2D eigenvalue weighted by molar-refractivity contribution is 8.21. The first-order chi connectivity index (χ1) is 3.41. The fraction of sp³-hybridized carbons (Fsp3) is 1.00. The summed E-state index contributed by atoms with van der Waals surface area (Å²) in [5.74, 6) is 2.00. The Morgan fingerprint density at radius 1 is 1.00 bits per heavy atom. The summed E-state index contributed by atoms with van der Waals surface area (Å²) in [6.07, 6.45) is 1.10. The van der Waals surface area contributed by atoms with E-state index in [1.807, 2.05) is 0 Å². The number of halogens is 2. The van der Waals surface area contributed by atoms with Gasteiger partial charge in [0, 0.05) is 11.5 Å². The SMILES string of the molecule is ClSCCCSCl. The third-order valence-corrected chi connectivity index (χ3v) is 2.25. The molecule has 0 rings (SSSR count). The molecule has 0 nitrogen and oxygen atoms in total. The highest BCUT2D eigenvalue weighted by Gasteiger charge is 1.83. The summed E-state index contributed by atoms with van der Waals surface area (Å²) < 4.78 is 0. The molecule has 0 bridgehead atoms. The lowest BCUT2D eigenvalue weighted by Crippen LogP contribution is -1.76. The second kappa shape index (κ2) is 7.28. The van der Waals surface area contributed by atoms with E-state index >= 15 is 0 Å². The first-order valence-electron chi connectivity index (χ1n) is 1.89. The quantitative estimate of drug-likeness (QED) is 0.605. The molecule has 0 aliphatic heterocycles. The third-order valence-electron chi connectivity index (χ3n) is 0.443. The van der Waals surface area contributed by atoms with E-state index in [1.165, 1.54) is 22.0 Å². The summed E-state index contributed by atoms with van der Waals surface area (Å²) in [6, 6.07) is 0. The van der Waals surface area contributed by atoms with Crippen molar-refractivity contribution < 1.29 is 0 Å². The molecule has 0 aromatic rings. The van der Waals surface area contributed by atoms with Crippen LogP contribution in [0.5, 0.6) is 0 Å². The van der Waals surface area contributed by atoms with Crippen LogP contribution in [0.1, 0.15) is 6.42 Å². The zero-order valence-corrected chi connectivity index (χ0v) is 6.84. The van der Waals surface area contributed by atoms with E-state index in [0.29, 0.717) is 0 Å². The van der Waals surface area contributed by atoms with Gasteiger partial charge in [-0.25, -0.2) is 0 Å². The molecule has 0 atom stereocenters. The number of hydrogen-bond donors (Lipinski definition) is 0. The summed E-state index contributed by atoms with van der Waals surface area (Å²) in [7, 11) is 13.3. The average Bonchev–Trinajstić information content (AvgIpc) is 1.69. The van der Waals surface area contributed by atoms with E-state index in [9.17, 15) is 0 Å². The van der Waals surface area contributed by atoms with Crippen LogP contribution in [0, 0.1) is 0 Å². The van der Waals surface area contributed by atoms with Crippen LogP contribution in [0.4, 0.5) is 0 Å². The molecule has 7 heavy (non-hydrogen) atoms. The first kappa shape index (κ1) is 8.28. The molecule has 0 aromatic carbocycles. The zero-order chi connectivity index (χ0) is 5.54. The van der Waals surface area contributed by atoms with Crippen LogP contribution in [0.25, 0.3) is 0 Å². The van der Waals surface area contributed by atoms with E-state index in [1.54, 1.807) is 0 Å². The van der Waals surface area contributed by atoms with Gasteiger partial charge in [0.1, 0.15) is 0 Å². The minimum Gasteiger partial charge on any atom is -0.0558 e. The van der Waals surface area contributed by atoms with Crippen molar-refractivity contribution in [2.75, 3.05) is 11.5 Å². The van der Waals surface area contributed by atoms with Gasteiger partial charge in [-0.3, -0.25) is 0 Å². The fourth-order valence-corrected chi connectivity index (χ4v) is 1.51. The molecule has 0 saturated carbocycles. The molecule has 0 fully saturated rings. The topological polar surface area (TPSA) is 0 Å². The van der Waals surface area contributed by atoms with Gasteiger partial charge in [0.15, 0.2) is 0 Å². The second-order valence-electron chi connectivity index (χ2n) is 0.980. The van der Waals surface area contributed by atoms with Crippen molar-refractivity contribution in [1.82, 2.24) is 0 Å². The Labute approximate surface area is 61.3 Å². The predicted octanol–water partition coefficient (Wildman–Crippen LogP) is 3.15. The summed E-state index contributed by atoms with van der Waals surface area (Å²) in [5, 5.41) is 0. The van der Waals surface area contributed by atoms with Gasteiger partial charge in [-0.05, 0) is 27.8 Å². The van der Waals surface area contributed by atoms with Crippen molar-refractivity contribution in [2.45, 2.75) is 6.42 Å². The molecular formula is C3H6Cl2S2. The van der Waals surface area contributed by atoms with Gasteiger partial charge in [-0.1, -0.05) is 22.0 Å². The zero-order valence-electron chi connectivity index (χ0n) is 3.69. The number of hydrogen-bond acceptors (Lipinski definition) is 2. The van der Waals surface area contributed by atoms with Gasteiger partial charge in [0.05, 0.1) is 0 Å². The van der Waals surface area contributed by atoms with E-state index in [2.05, 4.69) is 0 Å². The molecule has 0 aromatic heterocycles. The minimum atomic E-state index is 1.00. The maximum Gasteiger partial charge on any atom is 0.00935 e. The monoisotopic (exact) mass is 176 g/mol. The molecule has 0 amide bonds. The maximum absolute atomic E-state index is 5.30. The summed E-state index contributed by atoms with van der Waals surface area (Å²) >= 11 is 0.